The van der Waals surface area contributed by atoms with Gasteiger partial charge in [0.2, 0.25) is 11.8 Å². The molecule has 2 amide bonds. The lowest BCUT2D eigenvalue weighted by Gasteiger charge is -2.46. The van der Waals surface area contributed by atoms with E-state index in [4.69, 9.17) is 5.73 Å². The topological polar surface area (TPSA) is 75.4 Å². The molecule has 1 aliphatic heterocycles. The lowest BCUT2D eigenvalue weighted by molar-refractivity contribution is -0.147. The quantitative estimate of drug-likeness (QED) is 0.801. The maximum atomic E-state index is 12.1. The number of rotatable bonds is 3. The number of carbonyl (C=O) groups is 2. The van der Waals surface area contributed by atoms with Gasteiger partial charge in [-0.2, -0.15) is 0 Å². The Morgan fingerprint density at radius 2 is 1.85 bits per heavy atom. The largest absolute Gasteiger partial charge is 0.326 e. The smallest absolute Gasteiger partial charge is 0.246 e. The third-order valence-electron chi connectivity index (χ3n) is 3.82. The van der Waals surface area contributed by atoms with Gasteiger partial charge >= 0.3 is 0 Å². The number of hydrogen-bond donors (Lipinski definition) is 2. The number of piperazine rings is 1. The molecular weight excluding hydrogens is 254 g/mol. The summed E-state index contributed by atoms with van der Waals surface area (Å²) in [5, 5.41) is 2.38. The Labute approximate surface area is 119 Å². The predicted octanol–water partition coefficient (Wildman–Crippen LogP) is 0.812. The van der Waals surface area contributed by atoms with Crippen LogP contribution in [0.5, 0.6) is 0 Å². The summed E-state index contributed by atoms with van der Waals surface area (Å²) in [7, 11) is 0. The van der Waals surface area contributed by atoms with Crippen molar-refractivity contribution >= 4 is 11.8 Å². The second-order valence-electron chi connectivity index (χ2n) is 5.78. The summed E-state index contributed by atoms with van der Waals surface area (Å²) < 4.78 is 0. The van der Waals surface area contributed by atoms with Crippen molar-refractivity contribution in [2.24, 2.45) is 5.73 Å². The van der Waals surface area contributed by atoms with Crippen molar-refractivity contribution in [3.8, 4) is 0 Å². The first-order valence-corrected chi connectivity index (χ1v) is 6.75. The van der Waals surface area contributed by atoms with E-state index in [2.05, 4.69) is 5.32 Å². The van der Waals surface area contributed by atoms with Crippen LogP contribution in [-0.2, 0) is 9.59 Å². The van der Waals surface area contributed by atoms with Crippen LogP contribution in [0, 0.1) is 0 Å². The van der Waals surface area contributed by atoms with Crippen molar-refractivity contribution in [2.45, 2.75) is 38.4 Å². The highest BCUT2D eigenvalue weighted by Crippen LogP contribution is 2.32. The van der Waals surface area contributed by atoms with Gasteiger partial charge in [0.1, 0.15) is 0 Å². The zero-order chi connectivity index (χ0) is 14.9. The van der Waals surface area contributed by atoms with E-state index in [0.717, 1.165) is 5.56 Å². The number of nitrogens with one attached hydrogen (secondary N) is 1. The van der Waals surface area contributed by atoms with Crippen LogP contribution in [0.3, 0.4) is 0 Å². The Kier molecular flexibility index (Phi) is 3.92. The number of carbonyl (C=O) groups excluding carboxylic acids is 2. The Bertz CT molecular complexity index is 511. The molecule has 0 radical (unpaired) electrons. The third kappa shape index (κ3) is 2.59. The van der Waals surface area contributed by atoms with E-state index in [1.165, 1.54) is 0 Å². The zero-order valence-electron chi connectivity index (χ0n) is 12.1. The van der Waals surface area contributed by atoms with E-state index in [-0.39, 0.29) is 30.4 Å². The van der Waals surface area contributed by atoms with Crippen molar-refractivity contribution < 1.29 is 9.59 Å². The highest BCUT2D eigenvalue weighted by atomic mass is 16.2. The molecular formula is C15H21N3O2. The van der Waals surface area contributed by atoms with Crippen molar-refractivity contribution in [2.75, 3.05) is 6.54 Å². The lowest BCUT2D eigenvalue weighted by atomic mass is 9.90. The molecule has 0 aliphatic carbocycles. The molecule has 5 heteroatoms. The molecule has 0 saturated carbocycles. The molecule has 3 N–H and O–H groups in total. The number of nitrogens with two attached hydrogens (primary N) is 1. The van der Waals surface area contributed by atoms with E-state index < -0.39 is 5.54 Å². The summed E-state index contributed by atoms with van der Waals surface area (Å²) in [6.45, 7) is 5.69. The molecule has 1 fully saturated rings. The average Bonchev–Trinajstić information content (AvgIpc) is 2.37. The molecule has 0 bridgehead atoms. The summed E-state index contributed by atoms with van der Waals surface area (Å²) >= 11 is 0. The van der Waals surface area contributed by atoms with E-state index in [1.807, 2.05) is 56.0 Å². The standard InChI is InChI=1S/C15H21N3O2/c1-10(16)13(11-7-5-4-6-8-11)18-9-12(19)17-14(20)15(18,2)3/h4-8,10,13H,9,16H2,1-3H3,(H,17,19,20). The maximum absolute atomic E-state index is 12.1. The molecule has 1 aromatic rings. The average molecular weight is 275 g/mol. The fourth-order valence-corrected chi connectivity index (χ4v) is 2.67. The van der Waals surface area contributed by atoms with Crippen LogP contribution in [0.15, 0.2) is 30.3 Å². The van der Waals surface area contributed by atoms with Gasteiger partial charge in [-0.05, 0) is 26.3 Å². The van der Waals surface area contributed by atoms with Crippen LogP contribution >= 0.6 is 0 Å². The summed E-state index contributed by atoms with van der Waals surface area (Å²) in [5.74, 6) is -0.564. The lowest BCUT2D eigenvalue weighted by Crippen LogP contribution is -2.66. The fraction of sp³-hybridized carbons (Fsp3) is 0.467. The summed E-state index contributed by atoms with van der Waals surface area (Å²) in [6, 6.07) is 9.37. The minimum atomic E-state index is -0.776. The molecule has 0 spiro atoms. The Morgan fingerprint density at radius 3 is 2.40 bits per heavy atom. The Morgan fingerprint density at radius 1 is 1.25 bits per heavy atom. The SMILES string of the molecule is CC(N)C(c1ccccc1)N1CC(=O)NC(=O)C1(C)C. The number of nitrogens with zero attached hydrogens (tertiary/aromatic N) is 1. The normalized spacial score (nSPS) is 22.2. The molecule has 1 saturated heterocycles. The van der Waals surface area contributed by atoms with Gasteiger partial charge in [0.15, 0.2) is 0 Å². The molecule has 2 rings (SSSR count). The second-order valence-corrected chi connectivity index (χ2v) is 5.78. The molecule has 1 aliphatic rings. The first-order chi connectivity index (χ1) is 9.34. The van der Waals surface area contributed by atoms with Crippen molar-refractivity contribution in [3.05, 3.63) is 35.9 Å². The van der Waals surface area contributed by atoms with E-state index >= 15 is 0 Å². The molecule has 20 heavy (non-hydrogen) atoms. The number of hydrogen-bond acceptors (Lipinski definition) is 4. The van der Waals surface area contributed by atoms with Crippen LogP contribution in [0.1, 0.15) is 32.4 Å². The fourth-order valence-electron chi connectivity index (χ4n) is 2.67. The van der Waals surface area contributed by atoms with Gasteiger partial charge in [-0.15, -0.1) is 0 Å². The van der Waals surface area contributed by atoms with Gasteiger partial charge in [-0.3, -0.25) is 19.8 Å². The van der Waals surface area contributed by atoms with Gasteiger partial charge in [-0.1, -0.05) is 30.3 Å². The molecule has 5 nitrogen and oxygen atoms in total. The number of benzene rings is 1. The Balaban J connectivity index is 2.43. The molecule has 108 valence electrons. The van der Waals surface area contributed by atoms with Crippen LogP contribution in [0.2, 0.25) is 0 Å². The highest BCUT2D eigenvalue weighted by Gasteiger charge is 2.45. The summed E-state index contributed by atoms with van der Waals surface area (Å²) in [6.07, 6.45) is 0. The maximum Gasteiger partial charge on any atom is 0.246 e. The van der Waals surface area contributed by atoms with E-state index in [9.17, 15) is 9.59 Å². The molecule has 1 heterocycles. The summed E-state index contributed by atoms with van der Waals surface area (Å²) in [5.41, 5.74) is 6.36. The van der Waals surface area contributed by atoms with Crippen molar-refractivity contribution in [1.82, 2.24) is 10.2 Å². The summed E-state index contributed by atoms with van der Waals surface area (Å²) in [4.78, 5) is 25.7. The van der Waals surface area contributed by atoms with E-state index in [1.54, 1.807) is 0 Å². The number of amides is 2. The van der Waals surface area contributed by atoms with Crippen LogP contribution in [-0.4, -0.2) is 34.8 Å². The molecule has 1 aromatic carbocycles. The van der Waals surface area contributed by atoms with Gasteiger partial charge in [0, 0.05) is 6.04 Å². The van der Waals surface area contributed by atoms with Gasteiger partial charge in [0.05, 0.1) is 18.1 Å². The molecule has 2 atom stereocenters. The predicted molar refractivity (Wildman–Crippen MR) is 76.8 cm³/mol. The van der Waals surface area contributed by atoms with Gasteiger partial charge in [-0.25, -0.2) is 0 Å². The zero-order valence-corrected chi connectivity index (χ0v) is 12.1. The van der Waals surface area contributed by atoms with E-state index in [0.29, 0.717) is 0 Å². The van der Waals surface area contributed by atoms with Crippen LogP contribution in [0.4, 0.5) is 0 Å². The molecule has 2 unspecified atom stereocenters. The van der Waals surface area contributed by atoms with Crippen LogP contribution in [0.25, 0.3) is 0 Å². The second kappa shape index (κ2) is 5.34. The Hall–Kier alpha value is -1.72. The number of imide groups is 1. The minimum absolute atomic E-state index is 0.167. The third-order valence-corrected chi connectivity index (χ3v) is 3.82. The molecule has 0 aromatic heterocycles. The monoisotopic (exact) mass is 275 g/mol. The first kappa shape index (κ1) is 14.7. The van der Waals surface area contributed by atoms with Gasteiger partial charge < -0.3 is 5.73 Å². The van der Waals surface area contributed by atoms with Crippen molar-refractivity contribution in [1.29, 1.82) is 0 Å². The van der Waals surface area contributed by atoms with Gasteiger partial charge in [0.25, 0.3) is 0 Å². The van der Waals surface area contributed by atoms with Crippen LogP contribution < -0.4 is 11.1 Å². The van der Waals surface area contributed by atoms with Crippen molar-refractivity contribution in [3.63, 3.8) is 0 Å². The minimum Gasteiger partial charge on any atom is -0.326 e. The highest BCUT2D eigenvalue weighted by molar-refractivity contribution is 6.03. The first-order valence-electron chi connectivity index (χ1n) is 6.75.